The minimum absolute atomic E-state index is 0.0600. The Labute approximate surface area is 376 Å². The van der Waals surface area contributed by atoms with E-state index in [-0.39, 0.29) is 60.7 Å². The molecule has 0 bridgehead atoms. The third-order valence-electron chi connectivity index (χ3n) is 10.3. The molecule has 0 unspecified atom stereocenters. The quantitative estimate of drug-likeness (QED) is 0.0461. The van der Waals surface area contributed by atoms with Gasteiger partial charge < -0.3 is 35.6 Å². The maximum absolute atomic E-state index is 14.5. The van der Waals surface area contributed by atoms with Gasteiger partial charge in [0.1, 0.15) is 35.8 Å². The Morgan fingerprint density at radius 3 is 2.42 bits per heavy atom. The van der Waals surface area contributed by atoms with Crippen molar-refractivity contribution in [2.24, 2.45) is 0 Å². The van der Waals surface area contributed by atoms with E-state index < -0.39 is 39.2 Å². The first-order valence-corrected chi connectivity index (χ1v) is 22.4. The van der Waals surface area contributed by atoms with E-state index >= 15 is 0 Å². The largest absolute Gasteiger partial charge is 0.494 e. The average Bonchev–Trinajstić information content (AvgIpc) is 3.58. The van der Waals surface area contributed by atoms with Crippen molar-refractivity contribution in [3.8, 4) is 11.5 Å². The third-order valence-corrected chi connectivity index (χ3v) is 12.0. The van der Waals surface area contributed by atoms with Crippen molar-refractivity contribution in [2.75, 3.05) is 23.8 Å². The van der Waals surface area contributed by atoms with E-state index in [2.05, 4.69) is 41.3 Å². The summed E-state index contributed by atoms with van der Waals surface area (Å²) in [6, 6.07) is 22.3. The molecule has 5 aromatic rings. The number of piperidine rings is 1. The fourth-order valence-electron chi connectivity index (χ4n) is 7.08. The Bertz CT molecular complexity index is 2700. The number of nitrogens with zero attached hydrogens (tertiary/aromatic N) is 3. The van der Waals surface area contributed by atoms with Crippen LogP contribution in [0.1, 0.15) is 72.6 Å². The summed E-state index contributed by atoms with van der Waals surface area (Å²) in [6.07, 6.45) is 2.54. The second kappa shape index (κ2) is 19.7. The van der Waals surface area contributed by atoms with E-state index in [1.807, 2.05) is 43.3 Å². The Morgan fingerprint density at radius 2 is 1.68 bits per heavy atom. The van der Waals surface area contributed by atoms with Crippen molar-refractivity contribution in [3.63, 3.8) is 0 Å². The molecule has 2 aliphatic rings. The summed E-state index contributed by atoms with van der Waals surface area (Å²) in [5.41, 5.74) is 3.65. The molecule has 4 aromatic carbocycles. The summed E-state index contributed by atoms with van der Waals surface area (Å²) in [7, 11) is -3.72. The zero-order valence-electron chi connectivity index (χ0n) is 36.3. The van der Waals surface area contributed by atoms with Crippen LogP contribution in [0.4, 0.5) is 32.3 Å². The van der Waals surface area contributed by atoms with Crippen molar-refractivity contribution in [3.05, 3.63) is 125 Å². The number of fused-ring (bicyclic) bond motifs is 1. The van der Waals surface area contributed by atoms with Crippen LogP contribution in [0, 0.1) is 12.7 Å². The summed E-state index contributed by atoms with van der Waals surface area (Å²) in [4.78, 5) is 60.0. The molecule has 1 aromatic heterocycles. The summed E-state index contributed by atoms with van der Waals surface area (Å²) in [5.74, 6) is -0.371. The lowest BCUT2D eigenvalue weighted by Gasteiger charge is -2.29. The SMILES string of the molecule is Cc1cnc(Nc2ccc(OCCCNC(=O)NCc3ccc(COc4cc(F)cc5c4CN([C@H]4CCC(=O)NC4=O)C5=O)cc3)cc2)nc1Nc1cccc(S(=O)(=O)NC(C)(C)C)c1. The fraction of sp³-hybridized carbons (Fsp3) is 0.304. The predicted molar refractivity (Wildman–Crippen MR) is 240 cm³/mol. The number of halogens is 1. The molecular formula is C46H50FN9O8S. The third kappa shape index (κ3) is 12.1. The van der Waals surface area contributed by atoms with Gasteiger partial charge in [-0.25, -0.2) is 27.3 Å². The lowest BCUT2D eigenvalue weighted by atomic mass is 10.0. The van der Waals surface area contributed by atoms with Crippen LogP contribution in [0.2, 0.25) is 0 Å². The number of ether oxygens (including phenoxy) is 2. The standard InChI is InChI=1S/C46H50FN9O8S/c1-28-24-49-44(54-41(28)51-33-7-5-8-35(23-33)65(61,62)55-46(2,3)4)52-32-13-15-34(16-14-32)63-20-6-19-48-45(60)50-25-29-9-11-30(12-10-29)27-64-39-22-31(47)21-36-37(39)26-56(43(36)59)38-17-18-40(57)53-42(38)58/h5,7-16,21-24,38,55H,6,17-20,25-27H2,1-4H3,(H2,48,50,60)(H,53,57,58)(H2,49,51,52,54)/t38-/m0/s1. The number of sulfonamides is 1. The van der Waals surface area contributed by atoms with Gasteiger partial charge >= 0.3 is 6.03 Å². The number of carbonyl (C=O) groups is 4. The highest BCUT2D eigenvalue weighted by Gasteiger charge is 2.40. The number of rotatable bonds is 17. The number of carbonyl (C=O) groups excluding carboxylic acids is 4. The second-order valence-electron chi connectivity index (χ2n) is 16.6. The van der Waals surface area contributed by atoms with Crippen LogP contribution in [0.25, 0.3) is 0 Å². The van der Waals surface area contributed by atoms with E-state index in [1.165, 1.54) is 17.0 Å². The van der Waals surface area contributed by atoms with Crippen LogP contribution in [0.15, 0.2) is 96.0 Å². The van der Waals surface area contributed by atoms with E-state index in [1.54, 1.807) is 57.3 Å². The number of benzene rings is 4. The lowest BCUT2D eigenvalue weighted by Crippen LogP contribution is -2.52. The smallest absolute Gasteiger partial charge is 0.315 e. The van der Waals surface area contributed by atoms with Gasteiger partial charge in [-0.05, 0) is 100 Å². The molecule has 0 spiro atoms. The summed E-state index contributed by atoms with van der Waals surface area (Å²) in [5, 5.41) is 14.3. The van der Waals surface area contributed by atoms with Crippen LogP contribution in [-0.4, -0.2) is 71.8 Å². The van der Waals surface area contributed by atoms with Crippen molar-refractivity contribution in [2.45, 2.75) is 83.1 Å². The molecule has 1 saturated heterocycles. The fourth-order valence-corrected chi connectivity index (χ4v) is 8.54. The highest BCUT2D eigenvalue weighted by atomic mass is 32.2. The minimum atomic E-state index is -3.72. The Kier molecular flexibility index (Phi) is 13.9. The van der Waals surface area contributed by atoms with Crippen molar-refractivity contribution < 1.29 is 41.5 Å². The average molecular weight is 908 g/mol. The molecule has 19 heteroatoms. The van der Waals surface area contributed by atoms with Gasteiger partial charge in [0, 0.05) is 59.8 Å². The Morgan fingerprint density at radius 1 is 0.923 bits per heavy atom. The van der Waals surface area contributed by atoms with Gasteiger partial charge in [-0.1, -0.05) is 30.3 Å². The molecule has 0 radical (unpaired) electrons. The number of anilines is 4. The van der Waals surface area contributed by atoms with Gasteiger partial charge in [0.25, 0.3) is 5.91 Å². The number of imide groups is 1. The summed E-state index contributed by atoms with van der Waals surface area (Å²) < 4.78 is 54.7. The predicted octanol–water partition coefficient (Wildman–Crippen LogP) is 6.10. The Hall–Kier alpha value is -7.12. The van der Waals surface area contributed by atoms with Crippen LogP contribution >= 0.6 is 0 Å². The Balaban J connectivity index is 0.804. The van der Waals surface area contributed by atoms with Crippen LogP contribution < -0.4 is 40.8 Å². The molecule has 3 heterocycles. The maximum atomic E-state index is 14.5. The van der Waals surface area contributed by atoms with E-state index in [4.69, 9.17) is 9.47 Å². The number of aromatic nitrogens is 2. The minimum Gasteiger partial charge on any atom is -0.494 e. The molecule has 0 saturated carbocycles. The zero-order valence-corrected chi connectivity index (χ0v) is 37.1. The van der Waals surface area contributed by atoms with Gasteiger partial charge in [0.15, 0.2) is 0 Å². The number of nitrogens with one attached hydrogen (secondary N) is 6. The van der Waals surface area contributed by atoms with E-state index in [0.29, 0.717) is 48.3 Å². The second-order valence-corrected chi connectivity index (χ2v) is 18.3. The number of aryl methyl sites for hydroxylation is 1. The van der Waals surface area contributed by atoms with Gasteiger partial charge in [-0.3, -0.25) is 19.7 Å². The highest BCUT2D eigenvalue weighted by molar-refractivity contribution is 7.89. The van der Waals surface area contributed by atoms with Crippen LogP contribution in [0.5, 0.6) is 11.5 Å². The molecule has 340 valence electrons. The monoisotopic (exact) mass is 907 g/mol. The number of hydrogen-bond acceptors (Lipinski definition) is 12. The first kappa shape index (κ1) is 45.9. The highest BCUT2D eigenvalue weighted by Crippen LogP contribution is 2.35. The molecule has 2 aliphatic heterocycles. The molecule has 6 N–H and O–H groups in total. The molecule has 5 amide bonds. The molecular weight excluding hydrogens is 858 g/mol. The molecule has 1 atom stereocenters. The molecule has 7 rings (SSSR count). The van der Waals surface area contributed by atoms with Crippen LogP contribution in [0.3, 0.4) is 0 Å². The van der Waals surface area contributed by atoms with Gasteiger partial charge in [-0.2, -0.15) is 4.98 Å². The van der Waals surface area contributed by atoms with Crippen molar-refractivity contribution >= 4 is 56.9 Å². The first-order valence-electron chi connectivity index (χ1n) is 20.9. The molecule has 65 heavy (non-hydrogen) atoms. The number of amides is 5. The molecule has 0 aliphatic carbocycles. The summed E-state index contributed by atoms with van der Waals surface area (Å²) in [6.45, 7) is 8.38. The van der Waals surface area contributed by atoms with Gasteiger partial charge in [0.05, 0.1) is 23.6 Å². The van der Waals surface area contributed by atoms with E-state index in [9.17, 15) is 32.0 Å². The zero-order chi connectivity index (χ0) is 46.3. The van der Waals surface area contributed by atoms with Crippen molar-refractivity contribution in [1.29, 1.82) is 0 Å². The first-order chi connectivity index (χ1) is 31.0. The van der Waals surface area contributed by atoms with Gasteiger partial charge in [-0.15, -0.1) is 0 Å². The maximum Gasteiger partial charge on any atom is 0.315 e. The molecule has 17 nitrogen and oxygen atoms in total. The van der Waals surface area contributed by atoms with E-state index in [0.717, 1.165) is 28.4 Å². The number of urea groups is 1. The van der Waals surface area contributed by atoms with Crippen molar-refractivity contribution in [1.82, 2.24) is 35.5 Å². The number of hydrogen-bond donors (Lipinski definition) is 6. The topological polar surface area (TPSA) is 222 Å². The van der Waals surface area contributed by atoms with Crippen LogP contribution in [-0.2, 0) is 39.3 Å². The summed E-state index contributed by atoms with van der Waals surface area (Å²) >= 11 is 0. The lowest BCUT2D eigenvalue weighted by molar-refractivity contribution is -0.136. The van der Waals surface area contributed by atoms with Gasteiger partial charge in [0.2, 0.25) is 27.8 Å². The molecule has 1 fully saturated rings. The normalized spacial score (nSPS) is 14.9.